The van der Waals surface area contributed by atoms with Crippen LogP contribution in [0.15, 0.2) is 15.9 Å². The summed E-state index contributed by atoms with van der Waals surface area (Å²) in [7, 11) is 2.21. The van der Waals surface area contributed by atoms with E-state index in [1.54, 1.807) is 0 Å². The molecule has 1 aromatic heterocycles. The Hall–Kier alpha value is 0.140. The van der Waals surface area contributed by atoms with Crippen LogP contribution in [0.3, 0.4) is 0 Å². The monoisotopic (exact) mass is 245 g/mol. The van der Waals surface area contributed by atoms with E-state index in [2.05, 4.69) is 39.3 Å². The van der Waals surface area contributed by atoms with Crippen molar-refractivity contribution in [3.63, 3.8) is 0 Å². The van der Waals surface area contributed by atoms with Crippen LogP contribution in [0.25, 0.3) is 0 Å². The maximum Gasteiger partial charge on any atom is 0.0328 e. The molecule has 0 amide bonds. The van der Waals surface area contributed by atoms with Crippen molar-refractivity contribution in [1.29, 1.82) is 0 Å². The summed E-state index contributed by atoms with van der Waals surface area (Å²) < 4.78 is 1.21. The average Bonchev–Trinajstić information content (AvgIpc) is 2.78. The van der Waals surface area contributed by atoms with E-state index < -0.39 is 0 Å². The highest BCUT2D eigenvalue weighted by atomic mass is 79.9. The minimum Gasteiger partial charge on any atom is -0.298 e. The largest absolute Gasteiger partial charge is 0.298 e. The van der Waals surface area contributed by atoms with E-state index in [4.69, 9.17) is 0 Å². The van der Waals surface area contributed by atoms with Crippen LogP contribution in [0.1, 0.15) is 17.7 Å². The third-order valence-electron chi connectivity index (χ3n) is 2.20. The molecule has 0 N–H and O–H groups in total. The zero-order chi connectivity index (χ0) is 8.55. The molecule has 2 rings (SSSR count). The normalized spacial score (nSPS) is 17.2. The zero-order valence-corrected chi connectivity index (χ0v) is 9.49. The third kappa shape index (κ3) is 2.09. The molecule has 0 bridgehead atoms. The van der Waals surface area contributed by atoms with Gasteiger partial charge in [0.15, 0.2) is 0 Å². The summed E-state index contributed by atoms with van der Waals surface area (Å²) in [5.74, 6) is 0. The van der Waals surface area contributed by atoms with E-state index in [0.29, 0.717) is 0 Å². The van der Waals surface area contributed by atoms with Gasteiger partial charge in [0.25, 0.3) is 0 Å². The number of halogens is 1. The van der Waals surface area contributed by atoms with E-state index in [9.17, 15) is 0 Å². The highest BCUT2D eigenvalue weighted by Crippen LogP contribution is 2.28. The molecular formula is C9H12BrNS. The Morgan fingerprint density at radius 2 is 2.42 bits per heavy atom. The van der Waals surface area contributed by atoms with Crippen molar-refractivity contribution in [1.82, 2.24) is 4.90 Å². The van der Waals surface area contributed by atoms with Gasteiger partial charge in [0, 0.05) is 27.3 Å². The molecule has 1 nitrogen and oxygen atoms in total. The summed E-state index contributed by atoms with van der Waals surface area (Å²) in [4.78, 5) is 3.90. The quantitative estimate of drug-likeness (QED) is 0.792. The molecule has 0 aromatic carbocycles. The van der Waals surface area contributed by atoms with Crippen LogP contribution in [0.2, 0.25) is 0 Å². The Labute approximate surface area is 85.5 Å². The van der Waals surface area contributed by atoms with Gasteiger partial charge in [-0.1, -0.05) is 0 Å². The second-order valence-electron chi connectivity index (χ2n) is 3.38. The summed E-state index contributed by atoms with van der Waals surface area (Å²) in [5, 5.41) is 2.15. The third-order valence-corrected chi connectivity index (χ3v) is 3.88. The van der Waals surface area contributed by atoms with Crippen molar-refractivity contribution in [3.8, 4) is 0 Å². The second kappa shape index (κ2) is 3.48. The molecular weight excluding hydrogens is 234 g/mol. The number of nitrogens with zero attached hydrogens (tertiary/aromatic N) is 1. The maximum atomic E-state index is 3.47. The number of rotatable bonds is 3. The molecule has 1 heterocycles. The van der Waals surface area contributed by atoms with Crippen molar-refractivity contribution in [2.45, 2.75) is 25.4 Å². The standard InChI is InChI=1S/C9H12BrNS/c1-11(8-2-3-8)5-9-4-7(10)6-12-9/h4,6,8H,2-3,5H2,1H3. The molecule has 1 aliphatic carbocycles. The molecule has 0 aliphatic heterocycles. The average molecular weight is 246 g/mol. The van der Waals surface area contributed by atoms with Gasteiger partial charge in [-0.05, 0) is 41.9 Å². The Balaban J connectivity index is 1.93. The number of hydrogen-bond acceptors (Lipinski definition) is 2. The van der Waals surface area contributed by atoms with E-state index >= 15 is 0 Å². The van der Waals surface area contributed by atoms with Crippen LogP contribution in [0, 0.1) is 0 Å². The van der Waals surface area contributed by atoms with Crippen molar-refractivity contribution in [3.05, 3.63) is 20.8 Å². The molecule has 1 aliphatic rings. The topological polar surface area (TPSA) is 3.24 Å². The van der Waals surface area contributed by atoms with E-state index in [1.807, 2.05) is 11.3 Å². The van der Waals surface area contributed by atoms with Crippen molar-refractivity contribution < 1.29 is 0 Å². The van der Waals surface area contributed by atoms with Gasteiger partial charge in [-0.2, -0.15) is 0 Å². The first-order chi connectivity index (χ1) is 5.75. The molecule has 0 unspecified atom stereocenters. The molecule has 3 heteroatoms. The minimum absolute atomic E-state index is 0.867. The molecule has 12 heavy (non-hydrogen) atoms. The van der Waals surface area contributed by atoms with Crippen LogP contribution in [0.5, 0.6) is 0 Å². The van der Waals surface area contributed by atoms with Crippen LogP contribution in [-0.4, -0.2) is 18.0 Å². The van der Waals surface area contributed by atoms with Gasteiger partial charge in [0.05, 0.1) is 0 Å². The second-order valence-corrected chi connectivity index (χ2v) is 5.29. The van der Waals surface area contributed by atoms with E-state index in [-0.39, 0.29) is 0 Å². The zero-order valence-electron chi connectivity index (χ0n) is 7.09. The lowest BCUT2D eigenvalue weighted by Crippen LogP contribution is -2.19. The summed E-state index contributed by atoms with van der Waals surface area (Å²) in [6.45, 7) is 1.11. The molecule has 0 radical (unpaired) electrons. The fourth-order valence-corrected chi connectivity index (χ4v) is 2.84. The highest BCUT2D eigenvalue weighted by Gasteiger charge is 2.25. The fraction of sp³-hybridized carbons (Fsp3) is 0.556. The molecule has 1 fully saturated rings. The first-order valence-corrected chi connectivity index (χ1v) is 5.86. The summed E-state index contributed by atoms with van der Waals surface area (Å²) >= 11 is 5.30. The number of hydrogen-bond donors (Lipinski definition) is 0. The predicted molar refractivity (Wildman–Crippen MR) is 56.5 cm³/mol. The van der Waals surface area contributed by atoms with Crippen molar-refractivity contribution in [2.75, 3.05) is 7.05 Å². The summed E-state index contributed by atoms with van der Waals surface area (Å²) in [6, 6.07) is 3.08. The molecule has 1 saturated carbocycles. The number of thiophene rings is 1. The van der Waals surface area contributed by atoms with E-state index in [0.717, 1.165) is 12.6 Å². The van der Waals surface area contributed by atoms with Crippen LogP contribution in [-0.2, 0) is 6.54 Å². The predicted octanol–water partition coefficient (Wildman–Crippen LogP) is 3.10. The van der Waals surface area contributed by atoms with Gasteiger partial charge in [-0.3, -0.25) is 4.90 Å². The van der Waals surface area contributed by atoms with Crippen molar-refractivity contribution >= 4 is 27.3 Å². The summed E-state index contributed by atoms with van der Waals surface area (Å²) in [5.41, 5.74) is 0. The molecule has 0 saturated heterocycles. The van der Waals surface area contributed by atoms with Gasteiger partial charge >= 0.3 is 0 Å². The smallest absolute Gasteiger partial charge is 0.0328 e. The fourth-order valence-electron chi connectivity index (χ4n) is 1.33. The molecule has 1 aromatic rings. The molecule has 0 atom stereocenters. The SMILES string of the molecule is CN(Cc1cc(Br)cs1)C1CC1. The van der Waals surface area contributed by atoms with Crippen molar-refractivity contribution in [2.24, 2.45) is 0 Å². The summed E-state index contributed by atoms with van der Waals surface area (Å²) in [6.07, 6.45) is 2.78. The molecule has 0 spiro atoms. The van der Waals surface area contributed by atoms with E-state index in [1.165, 1.54) is 22.2 Å². The van der Waals surface area contributed by atoms with Gasteiger partial charge in [-0.15, -0.1) is 11.3 Å². The first kappa shape index (κ1) is 8.73. The Morgan fingerprint density at radius 1 is 1.67 bits per heavy atom. The lowest BCUT2D eigenvalue weighted by Gasteiger charge is -2.13. The Morgan fingerprint density at radius 3 is 2.92 bits per heavy atom. The highest BCUT2D eigenvalue weighted by molar-refractivity contribution is 9.10. The Kier molecular flexibility index (Phi) is 2.53. The van der Waals surface area contributed by atoms with Crippen LogP contribution in [0.4, 0.5) is 0 Å². The maximum absolute atomic E-state index is 3.47. The van der Waals surface area contributed by atoms with Crippen LogP contribution < -0.4 is 0 Å². The molecule has 66 valence electrons. The Bertz CT molecular complexity index is 267. The lowest BCUT2D eigenvalue weighted by atomic mass is 10.4. The van der Waals surface area contributed by atoms with Gasteiger partial charge in [0.2, 0.25) is 0 Å². The minimum atomic E-state index is 0.867. The van der Waals surface area contributed by atoms with Gasteiger partial charge in [0.1, 0.15) is 0 Å². The van der Waals surface area contributed by atoms with Gasteiger partial charge in [-0.25, -0.2) is 0 Å². The lowest BCUT2D eigenvalue weighted by molar-refractivity contribution is 0.319. The van der Waals surface area contributed by atoms with Gasteiger partial charge < -0.3 is 0 Å². The van der Waals surface area contributed by atoms with Crippen LogP contribution >= 0.6 is 27.3 Å². The first-order valence-electron chi connectivity index (χ1n) is 4.19.